The van der Waals surface area contributed by atoms with Gasteiger partial charge in [0, 0.05) is 51.0 Å². The van der Waals surface area contributed by atoms with Crippen LogP contribution < -0.4 is 0 Å². The van der Waals surface area contributed by atoms with E-state index < -0.39 is 96.9 Å². The Morgan fingerprint density at radius 2 is 1.65 bits per heavy atom. The van der Waals surface area contributed by atoms with Crippen LogP contribution in [0.2, 0.25) is 0 Å². The summed E-state index contributed by atoms with van der Waals surface area (Å²) in [6, 6.07) is 0. The van der Waals surface area contributed by atoms with Crippen LogP contribution in [0.3, 0.4) is 0 Å². The van der Waals surface area contributed by atoms with Gasteiger partial charge in [0.25, 0.3) is 0 Å². The molecule has 6 aliphatic heterocycles. The predicted octanol–water partition coefficient (Wildman–Crippen LogP) is 5.26. The number of hydrogen-bond acceptors (Lipinski definition) is 15. The van der Waals surface area contributed by atoms with Crippen molar-refractivity contribution >= 4 is 11.8 Å². The van der Waals surface area contributed by atoms with Gasteiger partial charge in [-0.3, -0.25) is 9.59 Å². The van der Waals surface area contributed by atoms with E-state index in [1.54, 1.807) is 20.1 Å². The predicted molar refractivity (Wildman–Crippen MR) is 234 cm³/mol. The highest BCUT2D eigenvalue weighted by atomic mass is 16.7. The molecule has 65 heavy (non-hydrogen) atoms. The normalized spacial score (nSPS) is 45.3. The van der Waals surface area contributed by atoms with Crippen LogP contribution in [0.1, 0.15) is 119 Å². The molecule has 1 saturated carbocycles. The van der Waals surface area contributed by atoms with E-state index in [1.165, 1.54) is 32.3 Å². The first-order valence-electron chi connectivity index (χ1n) is 24.3. The molecule has 0 amide bonds. The minimum Gasteiger partial charge on any atom is -0.462 e. The third kappa shape index (κ3) is 9.92. The topological polar surface area (TPSA) is 198 Å². The summed E-state index contributed by atoms with van der Waals surface area (Å²) in [5, 5.41) is 43.4. The summed E-state index contributed by atoms with van der Waals surface area (Å²) in [5.41, 5.74) is -0.235. The van der Waals surface area contributed by atoms with Crippen molar-refractivity contribution in [3.63, 3.8) is 0 Å². The van der Waals surface area contributed by atoms with Gasteiger partial charge in [0.2, 0.25) is 0 Å². The van der Waals surface area contributed by atoms with E-state index in [0.29, 0.717) is 55.1 Å². The van der Waals surface area contributed by atoms with Crippen LogP contribution in [0.15, 0.2) is 47.1 Å². The molecule has 0 aromatic heterocycles. The molecule has 8 aliphatic rings. The molecule has 15 nitrogen and oxygen atoms in total. The molecular weight excluding hydrogens is 841 g/mol. The number of carbonyl (C=O) groups excluding carboxylic acids is 2. The van der Waals surface area contributed by atoms with Crippen LogP contribution in [0.5, 0.6) is 0 Å². The van der Waals surface area contributed by atoms with Crippen LogP contribution in [0.25, 0.3) is 0 Å². The third-order valence-electron chi connectivity index (χ3n) is 16.0. The summed E-state index contributed by atoms with van der Waals surface area (Å²) in [6.07, 6.45) is 11.6. The number of aliphatic hydroxyl groups is 4. The number of ketones is 1. The molecule has 0 aromatic rings. The molecule has 3 unspecified atom stereocenters. The second-order valence-electron chi connectivity index (χ2n) is 20.5. The van der Waals surface area contributed by atoms with E-state index in [4.69, 9.17) is 42.6 Å². The minimum atomic E-state index is -2.19. The Kier molecular flexibility index (Phi) is 15.0. The Morgan fingerprint density at radius 3 is 2.38 bits per heavy atom. The van der Waals surface area contributed by atoms with Gasteiger partial charge in [-0.2, -0.15) is 0 Å². The molecule has 2 bridgehead atoms. The molecule has 2 aliphatic carbocycles. The highest BCUT2D eigenvalue weighted by molar-refractivity contribution is 6.03. The lowest BCUT2D eigenvalue weighted by Crippen LogP contribution is -2.58. The smallest absolute Gasteiger partial charge is 0.316 e. The lowest BCUT2D eigenvalue weighted by molar-refractivity contribution is -0.362. The minimum absolute atomic E-state index is 0.0335. The summed E-state index contributed by atoms with van der Waals surface area (Å²) >= 11 is 0. The largest absolute Gasteiger partial charge is 0.462 e. The molecule has 0 aromatic carbocycles. The third-order valence-corrected chi connectivity index (χ3v) is 16.0. The maximum atomic E-state index is 14.4. The van der Waals surface area contributed by atoms with Crippen molar-refractivity contribution in [3.8, 4) is 0 Å². The summed E-state index contributed by atoms with van der Waals surface area (Å²) in [5.74, 6) is -5.55. The second kappa shape index (κ2) is 19.9. The van der Waals surface area contributed by atoms with Crippen LogP contribution >= 0.6 is 0 Å². The fraction of sp³-hybridized carbons (Fsp3) is 0.800. The number of esters is 1. The standard InChI is InChI=1S/C50H74O15/c1-27-12-11-15-34-26-58-46-42(52)30(4)20-38(49(34,46)54)47(53)61-37-22-36(64-48(24-37)19-18-29(3)44(65-48)33-13-9-8-10-14-33)17-16-28(2)43(27)62-41-23-39(57-7)45(31(5)59-41)63-40-21-35(25-51)50(55,56)32(6)60-40/h11-12,15-16,20,27,29,31-33,35-41,43-46,51,54-56H,8-10,13-14,17-19,21-26H2,1-7H3/t27-,29-,31?,32?,35-,36+,37-,38-,39+,40-,41-,43-,44-,45-,46+,48?,49+/m0/s1. The number of Topliss-reactive ketones (excluding diaryl/α,β-unsaturated/α-hetero) is 1. The fourth-order valence-electron chi connectivity index (χ4n) is 12.0. The molecule has 17 atom stereocenters. The number of aliphatic hydroxyl groups excluding tert-OH is 1. The molecule has 0 radical (unpaired) electrons. The average molecular weight is 915 g/mol. The van der Waals surface area contributed by atoms with E-state index in [-0.39, 0.29) is 36.9 Å². The van der Waals surface area contributed by atoms with Gasteiger partial charge in [-0.25, -0.2) is 0 Å². The van der Waals surface area contributed by atoms with Crippen LogP contribution in [-0.4, -0.2) is 137 Å². The van der Waals surface area contributed by atoms with Gasteiger partial charge in [-0.15, -0.1) is 0 Å². The Morgan fingerprint density at radius 1 is 0.892 bits per heavy atom. The van der Waals surface area contributed by atoms with Crippen LogP contribution in [0, 0.1) is 29.6 Å². The van der Waals surface area contributed by atoms with E-state index in [1.807, 2.05) is 32.9 Å². The molecule has 364 valence electrons. The first-order chi connectivity index (χ1) is 31.0. The zero-order valence-electron chi connectivity index (χ0n) is 39.3. The Balaban J connectivity index is 1.07. The van der Waals surface area contributed by atoms with Crippen molar-refractivity contribution in [3.05, 3.63) is 47.1 Å². The monoisotopic (exact) mass is 915 g/mol. The number of hydrogen-bond donors (Lipinski definition) is 4. The van der Waals surface area contributed by atoms with Crippen LogP contribution in [0.4, 0.5) is 0 Å². The number of fused-ring (bicyclic) bond motifs is 2. The van der Waals surface area contributed by atoms with E-state index in [2.05, 4.69) is 13.0 Å². The number of ether oxygens (including phenoxy) is 9. The van der Waals surface area contributed by atoms with Crippen molar-refractivity contribution in [1.29, 1.82) is 0 Å². The Hall–Kier alpha value is -2.38. The van der Waals surface area contributed by atoms with Crippen molar-refractivity contribution in [2.45, 2.75) is 203 Å². The highest BCUT2D eigenvalue weighted by Crippen LogP contribution is 2.48. The Bertz CT molecular complexity index is 1840. The van der Waals surface area contributed by atoms with Crippen molar-refractivity contribution in [2.24, 2.45) is 29.6 Å². The SMILES string of the molecule is CO[C@@H]1C[C@H](O[C@@H]2C(C)=CC[C@@H]3C[C@@H](CC4(CC[C@H](C)[C@@H](C5CCCCC5)O4)O3)OC(=O)[C@@H]3C=C(C)C(=O)[C@H]4OCC(=CC=C[C@@H]2C)[C@]43O)OC(C)[C@@H]1O[C@H]1C[C@@H](CO)C(O)(O)C(C)O1. The highest BCUT2D eigenvalue weighted by Gasteiger charge is 2.60. The van der Waals surface area contributed by atoms with Gasteiger partial charge in [-0.05, 0) is 81.9 Å². The molecule has 6 fully saturated rings. The van der Waals surface area contributed by atoms with Gasteiger partial charge in [0.15, 0.2) is 36.0 Å². The lowest BCUT2D eigenvalue weighted by Gasteiger charge is -2.51. The van der Waals surface area contributed by atoms with Gasteiger partial charge in [0.05, 0.1) is 43.7 Å². The summed E-state index contributed by atoms with van der Waals surface area (Å²) < 4.78 is 58.2. The average Bonchev–Trinajstić information content (AvgIpc) is 3.62. The number of methoxy groups -OCH3 is 1. The van der Waals surface area contributed by atoms with Crippen molar-refractivity contribution in [1.82, 2.24) is 0 Å². The summed E-state index contributed by atoms with van der Waals surface area (Å²) in [7, 11) is 1.60. The fourth-order valence-corrected chi connectivity index (χ4v) is 12.0. The van der Waals surface area contributed by atoms with Crippen LogP contribution in [-0.2, 0) is 52.2 Å². The number of rotatable bonds is 7. The van der Waals surface area contributed by atoms with Gasteiger partial charge in [0.1, 0.15) is 29.8 Å². The number of allylic oxidation sites excluding steroid dienone is 2. The second-order valence-corrected chi connectivity index (χ2v) is 20.5. The van der Waals surface area contributed by atoms with E-state index in [9.17, 15) is 30.0 Å². The quantitative estimate of drug-likeness (QED) is 0.147. The first-order valence-corrected chi connectivity index (χ1v) is 24.3. The summed E-state index contributed by atoms with van der Waals surface area (Å²) in [6.45, 7) is 10.9. The molecule has 5 saturated heterocycles. The van der Waals surface area contributed by atoms with Crippen molar-refractivity contribution < 1.29 is 72.6 Å². The summed E-state index contributed by atoms with van der Waals surface area (Å²) in [4.78, 5) is 27.9. The lowest BCUT2D eigenvalue weighted by atomic mass is 9.71. The van der Waals surface area contributed by atoms with Crippen molar-refractivity contribution in [2.75, 3.05) is 20.3 Å². The molecule has 8 rings (SSSR count). The first kappa shape index (κ1) is 49.1. The maximum Gasteiger partial charge on any atom is 0.316 e. The van der Waals surface area contributed by atoms with E-state index in [0.717, 1.165) is 24.8 Å². The van der Waals surface area contributed by atoms with Gasteiger partial charge in [-0.1, -0.05) is 63.5 Å². The van der Waals surface area contributed by atoms with Gasteiger partial charge >= 0.3 is 5.97 Å². The Labute approximate surface area is 383 Å². The molecular formula is C50H74O15. The molecule has 6 heterocycles. The zero-order valence-corrected chi connectivity index (χ0v) is 39.3. The zero-order chi connectivity index (χ0) is 46.4. The molecule has 4 N–H and O–H groups in total. The number of carbonyl (C=O) groups is 2. The van der Waals surface area contributed by atoms with Gasteiger partial charge < -0.3 is 63.1 Å². The molecule has 1 spiro atoms. The van der Waals surface area contributed by atoms with E-state index >= 15 is 0 Å². The molecule has 15 heteroatoms. The maximum absolute atomic E-state index is 14.4.